The fourth-order valence-electron chi connectivity index (χ4n) is 2.35. The van der Waals surface area contributed by atoms with Gasteiger partial charge in [-0.1, -0.05) is 0 Å². The lowest BCUT2D eigenvalue weighted by Crippen LogP contribution is -2.30. The van der Waals surface area contributed by atoms with Gasteiger partial charge in [-0.25, -0.2) is 4.98 Å². The number of nitrogens with one attached hydrogen (secondary N) is 1. The predicted molar refractivity (Wildman–Crippen MR) is 68.5 cm³/mol. The highest BCUT2D eigenvalue weighted by molar-refractivity contribution is 5.70. The summed E-state index contributed by atoms with van der Waals surface area (Å²) in [5.74, 6) is -0.0125. The molecular weight excluding hydrogens is 230 g/mol. The standard InChI is InChI=1S/C13H19N3O2/c1-8-7-14-9(2)12(15-8)16-11-5-3-10(4-6-11)13(17)18/h7,10-11H,3-6H2,1-2H3,(H,15,16)(H,17,18). The molecule has 0 radical (unpaired) electrons. The van der Waals surface area contributed by atoms with E-state index in [2.05, 4.69) is 15.3 Å². The number of aliphatic carboxylic acids is 1. The van der Waals surface area contributed by atoms with Crippen LogP contribution in [0.1, 0.15) is 37.1 Å². The second-order valence-corrected chi connectivity index (χ2v) is 4.98. The summed E-state index contributed by atoms with van der Waals surface area (Å²) in [4.78, 5) is 19.6. The number of carboxylic acid groups (broad SMARTS) is 1. The Bertz CT molecular complexity index is 440. The molecule has 0 bridgehead atoms. The molecule has 1 heterocycles. The molecule has 18 heavy (non-hydrogen) atoms. The molecule has 0 aromatic carbocycles. The third-order valence-electron chi connectivity index (χ3n) is 3.49. The lowest BCUT2D eigenvalue weighted by molar-refractivity contribution is -0.142. The fourth-order valence-corrected chi connectivity index (χ4v) is 2.35. The van der Waals surface area contributed by atoms with Crippen LogP contribution in [0, 0.1) is 19.8 Å². The Morgan fingerprint density at radius 3 is 2.61 bits per heavy atom. The van der Waals surface area contributed by atoms with Crippen molar-refractivity contribution in [3.8, 4) is 0 Å². The molecule has 0 saturated heterocycles. The zero-order valence-electron chi connectivity index (χ0n) is 10.8. The highest BCUT2D eigenvalue weighted by Gasteiger charge is 2.26. The zero-order chi connectivity index (χ0) is 13.1. The topological polar surface area (TPSA) is 75.1 Å². The van der Waals surface area contributed by atoms with Crippen LogP contribution in [0.4, 0.5) is 5.82 Å². The highest BCUT2D eigenvalue weighted by atomic mass is 16.4. The van der Waals surface area contributed by atoms with Gasteiger partial charge in [-0.2, -0.15) is 0 Å². The van der Waals surface area contributed by atoms with Crippen LogP contribution < -0.4 is 5.32 Å². The molecular formula is C13H19N3O2. The predicted octanol–water partition coefficient (Wildman–Crippen LogP) is 2.15. The normalized spacial score (nSPS) is 23.7. The number of hydrogen-bond donors (Lipinski definition) is 2. The average molecular weight is 249 g/mol. The van der Waals surface area contributed by atoms with Crippen LogP contribution >= 0.6 is 0 Å². The van der Waals surface area contributed by atoms with Gasteiger partial charge in [-0.3, -0.25) is 9.78 Å². The van der Waals surface area contributed by atoms with E-state index in [9.17, 15) is 4.79 Å². The third-order valence-corrected chi connectivity index (χ3v) is 3.49. The number of anilines is 1. The molecule has 2 N–H and O–H groups in total. The van der Waals surface area contributed by atoms with E-state index in [0.29, 0.717) is 6.04 Å². The number of carboxylic acids is 1. The molecule has 0 atom stereocenters. The van der Waals surface area contributed by atoms with Crippen LogP contribution in [-0.4, -0.2) is 27.1 Å². The summed E-state index contributed by atoms with van der Waals surface area (Å²) in [6.45, 7) is 3.84. The van der Waals surface area contributed by atoms with Gasteiger partial charge >= 0.3 is 5.97 Å². The minimum absolute atomic E-state index is 0.173. The van der Waals surface area contributed by atoms with Crippen molar-refractivity contribution >= 4 is 11.8 Å². The molecule has 0 unspecified atom stereocenters. The first-order valence-electron chi connectivity index (χ1n) is 6.36. The first kappa shape index (κ1) is 12.8. The Balaban J connectivity index is 1.95. The average Bonchev–Trinajstić information content (AvgIpc) is 2.34. The van der Waals surface area contributed by atoms with Gasteiger partial charge in [0.25, 0.3) is 0 Å². The maximum atomic E-state index is 10.9. The lowest BCUT2D eigenvalue weighted by atomic mass is 9.86. The number of nitrogens with zero attached hydrogens (tertiary/aromatic N) is 2. The van der Waals surface area contributed by atoms with E-state index in [1.807, 2.05) is 13.8 Å². The van der Waals surface area contributed by atoms with Gasteiger partial charge in [-0.15, -0.1) is 0 Å². The van der Waals surface area contributed by atoms with Gasteiger partial charge in [0.1, 0.15) is 5.82 Å². The fraction of sp³-hybridized carbons (Fsp3) is 0.615. The van der Waals surface area contributed by atoms with Gasteiger partial charge in [0.05, 0.1) is 17.3 Å². The quantitative estimate of drug-likeness (QED) is 0.858. The molecule has 5 nitrogen and oxygen atoms in total. The van der Waals surface area contributed by atoms with E-state index >= 15 is 0 Å². The number of rotatable bonds is 3. The van der Waals surface area contributed by atoms with E-state index in [4.69, 9.17) is 5.11 Å². The zero-order valence-corrected chi connectivity index (χ0v) is 10.8. The Morgan fingerprint density at radius 2 is 2.00 bits per heavy atom. The second kappa shape index (κ2) is 5.33. The molecule has 0 spiro atoms. The molecule has 98 valence electrons. The largest absolute Gasteiger partial charge is 0.481 e. The molecule has 1 aromatic rings. The first-order chi connectivity index (χ1) is 8.56. The van der Waals surface area contributed by atoms with Crippen molar-refractivity contribution in [2.24, 2.45) is 5.92 Å². The van der Waals surface area contributed by atoms with Crippen molar-refractivity contribution in [3.05, 3.63) is 17.6 Å². The van der Waals surface area contributed by atoms with Gasteiger partial charge in [0.2, 0.25) is 0 Å². The van der Waals surface area contributed by atoms with Crippen LogP contribution in [0.5, 0.6) is 0 Å². The van der Waals surface area contributed by atoms with Gasteiger partial charge < -0.3 is 10.4 Å². The Hall–Kier alpha value is -1.65. The van der Waals surface area contributed by atoms with Crippen LogP contribution in [0.3, 0.4) is 0 Å². The van der Waals surface area contributed by atoms with Crippen molar-refractivity contribution in [2.45, 2.75) is 45.6 Å². The van der Waals surface area contributed by atoms with Crippen LogP contribution in [0.25, 0.3) is 0 Å². The number of aryl methyl sites for hydroxylation is 2. The van der Waals surface area contributed by atoms with Crippen molar-refractivity contribution in [2.75, 3.05) is 5.32 Å². The van der Waals surface area contributed by atoms with E-state index < -0.39 is 5.97 Å². The van der Waals surface area contributed by atoms with Crippen LogP contribution in [0.15, 0.2) is 6.20 Å². The third kappa shape index (κ3) is 2.97. The lowest BCUT2D eigenvalue weighted by Gasteiger charge is -2.27. The van der Waals surface area contributed by atoms with E-state index in [1.165, 1.54) is 0 Å². The van der Waals surface area contributed by atoms with Crippen molar-refractivity contribution in [3.63, 3.8) is 0 Å². The highest BCUT2D eigenvalue weighted by Crippen LogP contribution is 2.26. The van der Waals surface area contributed by atoms with Crippen molar-refractivity contribution < 1.29 is 9.90 Å². The second-order valence-electron chi connectivity index (χ2n) is 4.98. The summed E-state index contributed by atoms with van der Waals surface area (Å²) in [6.07, 6.45) is 5.00. The molecule has 0 amide bonds. The molecule has 2 rings (SSSR count). The summed E-state index contributed by atoms with van der Waals surface area (Å²) < 4.78 is 0. The molecule has 0 aliphatic heterocycles. The summed E-state index contributed by atoms with van der Waals surface area (Å²) in [6, 6.07) is 0.315. The monoisotopic (exact) mass is 249 g/mol. The molecule has 1 saturated carbocycles. The summed E-state index contributed by atoms with van der Waals surface area (Å²) in [5, 5.41) is 12.3. The molecule has 1 fully saturated rings. The molecule has 1 aliphatic carbocycles. The van der Waals surface area contributed by atoms with Crippen molar-refractivity contribution in [1.29, 1.82) is 0 Å². The number of hydrogen-bond acceptors (Lipinski definition) is 4. The van der Waals surface area contributed by atoms with E-state index in [0.717, 1.165) is 42.9 Å². The SMILES string of the molecule is Cc1cnc(C)c(NC2CCC(C(=O)O)CC2)n1. The molecule has 5 heteroatoms. The Labute approximate surface area is 107 Å². The maximum Gasteiger partial charge on any atom is 0.306 e. The number of carbonyl (C=O) groups is 1. The summed E-state index contributed by atoms with van der Waals surface area (Å²) >= 11 is 0. The van der Waals surface area contributed by atoms with Crippen LogP contribution in [0.2, 0.25) is 0 Å². The Kier molecular flexibility index (Phi) is 3.79. The minimum atomic E-state index is -0.667. The van der Waals surface area contributed by atoms with Crippen molar-refractivity contribution in [1.82, 2.24) is 9.97 Å². The smallest absolute Gasteiger partial charge is 0.306 e. The summed E-state index contributed by atoms with van der Waals surface area (Å²) in [5.41, 5.74) is 1.78. The van der Waals surface area contributed by atoms with Gasteiger partial charge in [0.15, 0.2) is 0 Å². The molecule has 1 aromatic heterocycles. The summed E-state index contributed by atoms with van der Waals surface area (Å²) in [7, 11) is 0. The first-order valence-corrected chi connectivity index (χ1v) is 6.36. The van der Waals surface area contributed by atoms with E-state index in [1.54, 1.807) is 6.20 Å². The molecule has 1 aliphatic rings. The van der Waals surface area contributed by atoms with Gasteiger partial charge in [0, 0.05) is 12.2 Å². The minimum Gasteiger partial charge on any atom is -0.481 e. The van der Waals surface area contributed by atoms with Gasteiger partial charge in [-0.05, 0) is 39.5 Å². The van der Waals surface area contributed by atoms with Crippen LogP contribution in [-0.2, 0) is 4.79 Å². The van der Waals surface area contributed by atoms with E-state index in [-0.39, 0.29) is 5.92 Å². The number of aromatic nitrogens is 2. The Morgan fingerprint density at radius 1 is 1.33 bits per heavy atom. The maximum absolute atomic E-state index is 10.9.